The van der Waals surface area contributed by atoms with E-state index >= 15 is 0 Å². The summed E-state index contributed by atoms with van der Waals surface area (Å²) in [5.41, 5.74) is 15.6. The van der Waals surface area contributed by atoms with Crippen molar-refractivity contribution in [2.45, 2.75) is 5.66 Å². The molecule has 0 aromatic heterocycles. The van der Waals surface area contributed by atoms with E-state index in [-0.39, 0.29) is 5.66 Å². The van der Waals surface area contributed by atoms with Crippen LogP contribution in [-0.4, -0.2) is 0 Å². The van der Waals surface area contributed by atoms with Crippen LogP contribution in [0, 0.1) is 0 Å². The van der Waals surface area contributed by atoms with Gasteiger partial charge in [0, 0.05) is 17.0 Å². The van der Waals surface area contributed by atoms with Gasteiger partial charge in [-0.15, -0.1) is 9.24 Å². The molecule has 0 aliphatic carbocycles. The molecular formula is C13H15N2P. The Morgan fingerprint density at radius 3 is 1.31 bits per heavy atom. The summed E-state index contributed by atoms with van der Waals surface area (Å²) in [5.74, 6) is 0. The van der Waals surface area contributed by atoms with Gasteiger partial charge in [0.15, 0.2) is 0 Å². The molecule has 0 saturated carbocycles. The van der Waals surface area contributed by atoms with Gasteiger partial charge in [0.05, 0.1) is 0 Å². The Morgan fingerprint density at radius 2 is 1.00 bits per heavy atom. The lowest BCUT2D eigenvalue weighted by Crippen LogP contribution is -1.94. The fourth-order valence-electron chi connectivity index (χ4n) is 1.60. The highest BCUT2D eigenvalue weighted by atomic mass is 31.0. The number of nitrogens with two attached hydrogens (primary N) is 2. The van der Waals surface area contributed by atoms with E-state index in [1.165, 1.54) is 11.1 Å². The Balaban J connectivity index is 2.28. The third-order valence-corrected chi connectivity index (χ3v) is 3.36. The number of anilines is 2. The van der Waals surface area contributed by atoms with Gasteiger partial charge in [0.25, 0.3) is 0 Å². The van der Waals surface area contributed by atoms with E-state index in [4.69, 9.17) is 11.5 Å². The molecule has 0 radical (unpaired) electrons. The Hall–Kier alpha value is -1.53. The summed E-state index contributed by atoms with van der Waals surface area (Å²) in [6.45, 7) is 0. The Bertz CT molecular complexity index is 417. The number of rotatable bonds is 2. The van der Waals surface area contributed by atoms with Crippen LogP contribution in [0.5, 0.6) is 0 Å². The van der Waals surface area contributed by atoms with E-state index in [2.05, 4.69) is 9.24 Å². The quantitative estimate of drug-likeness (QED) is 0.615. The fraction of sp³-hybridized carbons (Fsp3) is 0.0769. The molecule has 2 aromatic rings. The maximum atomic E-state index is 5.66. The maximum absolute atomic E-state index is 5.66. The average molecular weight is 230 g/mol. The molecule has 1 unspecified atom stereocenters. The van der Waals surface area contributed by atoms with E-state index in [1.807, 2.05) is 48.5 Å². The number of benzene rings is 2. The van der Waals surface area contributed by atoms with E-state index in [1.54, 1.807) is 0 Å². The zero-order valence-corrected chi connectivity index (χ0v) is 10.1. The van der Waals surface area contributed by atoms with E-state index in [9.17, 15) is 0 Å². The second-order valence-electron chi connectivity index (χ2n) is 3.81. The normalized spacial score (nSPS) is 10.6. The van der Waals surface area contributed by atoms with Crippen LogP contribution in [0.25, 0.3) is 0 Å². The van der Waals surface area contributed by atoms with E-state index in [0.29, 0.717) is 0 Å². The second kappa shape index (κ2) is 4.54. The second-order valence-corrected chi connectivity index (χ2v) is 4.48. The molecule has 0 aliphatic heterocycles. The molecular weight excluding hydrogens is 215 g/mol. The first-order valence-corrected chi connectivity index (χ1v) is 5.80. The zero-order valence-electron chi connectivity index (χ0n) is 8.93. The molecule has 16 heavy (non-hydrogen) atoms. The highest BCUT2D eigenvalue weighted by Crippen LogP contribution is 2.31. The average Bonchev–Trinajstić information content (AvgIpc) is 2.30. The minimum absolute atomic E-state index is 0.279. The molecule has 0 spiro atoms. The Labute approximate surface area is 97.9 Å². The van der Waals surface area contributed by atoms with Gasteiger partial charge in [-0.3, -0.25) is 0 Å². The third-order valence-electron chi connectivity index (χ3n) is 2.59. The van der Waals surface area contributed by atoms with Gasteiger partial charge in [-0.25, -0.2) is 0 Å². The van der Waals surface area contributed by atoms with Gasteiger partial charge in [-0.05, 0) is 35.4 Å². The first-order chi connectivity index (χ1) is 7.66. The first-order valence-electron chi connectivity index (χ1n) is 5.13. The molecule has 2 aromatic carbocycles. The third kappa shape index (κ3) is 2.34. The molecule has 2 nitrogen and oxygen atoms in total. The molecule has 4 N–H and O–H groups in total. The summed E-state index contributed by atoms with van der Waals surface area (Å²) in [6.07, 6.45) is 0. The Morgan fingerprint density at radius 1 is 0.688 bits per heavy atom. The molecule has 82 valence electrons. The van der Waals surface area contributed by atoms with Crippen LogP contribution in [0.4, 0.5) is 11.4 Å². The maximum Gasteiger partial charge on any atom is 0.0314 e. The summed E-state index contributed by atoms with van der Waals surface area (Å²) in [4.78, 5) is 0. The SMILES string of the molecule is Nc1ccc(C(P)c2ccc(N)cc2)cc1. The molecule has 0 amide bonds. The van der Waals surface area contributed by atoms with Crippen LogP contribution in [0.2, 0.25) is 0 Å². The fourth-order valence-corrected chi connectivity index (χ4v) is 2.04. The molecule has 0 saturated heterocycles. The van der Waals surface area contributed by atoms with Crippen LogP contribution in [0.15, 0.2) is 48.5 Å². The molecule has 2 rings (SSSR count). The topological polar surface area (TPSA) is 52.0 Å². The monoisotopic (exact) mass is 230 g/mol. The van der Waals surface area contributed by atoms with Gasteiger partial charge >= 0.3 is 0 Å². The van der Waals surface area contributed by atoms with Crippen LogP contribution in [-0.2, 0) is 0 Å². The van der Waals surface area contributed by atoms with Crippen LogP contribution >= 0.6 is 9.24 Å². The highest BCUT2D eigenvalue weighted by molar-refractivity contribution is 7.17. The minimum Gasteiger partial charge on any atom is -0.399 e. The first kappa shape index (κ1) is 11.0. The van der Waals surface area contributed by atoms with Crippen molar-refractivity contribution < 1.29 is 0 Å². The smallest absolute Gasteiger partial charge is 0.0314 e. The minimum atomic E-state index is 0.279. The Kier molecular flexibility index (Phi) is 3.12. The van der Waals surface area contributed by atoms with Crippen molar-refractivity contribution in [3.63, 3.8) is 0 Å². The van der Waals surface area contributed by atoms with Gasteiger partial charge in [0.1, 0.15) is 0 Å². The summed E-state index contributed by atoms with van der Waals surface area (Å²) >= 11 is 0. The molecule has 0 fully saturated rings. The van der Waals surface area contributed by atoms with Crippen LogP contribution in [0.1, 0.15) is 16.8 Å². The summed E-state index contributed by atoms with van der Waals surface area (Å²) in [6, 6.07) is 15.9. The summed E-state index contributed by atoms with van der Waals surface area (Å²) < 4.78 is 0. The van der Waals surface area contributed by atoms with E-state index < -0.39 is 0 Å². The van der Waals surface area contributed by atoms with Crippen molar-refractivity contribution in [2.75, 3.05) is 11.5 Å². The van der Waals surface area contributed by atoms with Gasteiger partial charge in [-0.1, -0.05) is 24.3 Å². The van der Waals surface area contributed by atoms with Crippen LogP contribution < -0.4 is 11.5 Å². The zero-order chi connectivity index (χ0) is 11.5. The number of hydrogen-bond acceptors (Lipinski definition) is 2. The number of hydrogen-bond donors (Lipinski definition) is 2. The molecule has 3 heteroatoms. The standard InChI is InChI=1S/C13H15N2P/c14-11-5-1-9(2-6-11)13(16)10-3-7-12(15)8-4-10/h1-8,13H,14-16H2. The molecule has 1 atom stereocenters. The van der Waals surface area contributed by atoms with Crippen molar-refractivity contribution in [2.24, 2.45) is 0 Å². The molecule has 0 aliphatic rings. The van der Waals surface area contributed by atoms with E-state index in [0.717, 1.165) is 11.4 Å². The predicted molar refractivity (Wildman–Crippen MR) is 73.3 cm³/mol. The van der Waals surface area contributed by atoms with Gasteiger partial charge < -0.3 is 11.5 Å². The summed E-state index contributed by atoms with van der Waals surface area (Å²) in [7, 11) is 2.84. The predicted octanol–water partition coefficient (Wildman–Crippen LogP) is 2.82. The van der Waals surface area contributed by atoms with Crippen molar-refractivity contribution >= 4 is 20.6 Å². The van der Waals surface area contributed by atoms with Crippen molar-refractivity contribution in [3.8, 4) is 0 Å². The lowest BCUT2D eigenvalue weighted by Gasteiger charge is -2.12. The van der Waals surface area contributed by atoms with Crippen molar-refractivity contribution in [1.29, 1.82) is 0 Å². The summed E-state index contributed by atoms with van der Waals surface area (Å²) in [5, 5.41) is 0. The van der Waals surface area contributed by atoms with Crippen molar-refractivity contribution in [1.82, 2.24) is 0 Å². The largest absolute Gasteiger partial charge is 0.399 e. The highest BCUT2D eigenvalue weighted by Gasteiger charge is 2.07. The lowest BCUT2D eigenvalue weighted by atomic mass is 10.0. The van der Waals surface area contributed by atoms with Gasteiger partial charge in [0.2, 0.25) is 0 Å². The van der Waals surface area contributed by atoms with Gasteiger partial charge in [-0.2, -0.15) is 0 Å². The number of nitrogen functional groups attached to an aromatic ring is 2. The molecule has 0 bridgehead atoms. The van der Waals surface area contributed by atoms with Crippen molar-refractivity contribution in [3.05, 3.63) is 59.7 Å². The molecule has 0 heterocycles. The lowest BCUT2D eigenvalue weighted by molar-refractivity contribution is 1.16. The van der Waals surface area contributed by atoms with Crippen LogP contribution in [0.3, 0.4) is 0 Å².